The van der Waals surface area contributed by atoms with E-state index < -0.39 is 0 Å². The summed E-state index contributed by atoms with van der Waals surface area (Å²) >= 11 is 6.08. The number of fused-ring (bicyclic) bond motifs is 1. The second kappa shape index (κ2) is 7.94. The number of hydrogen-bond acceptors (Lipinski definition) is 4. The van der Waals surface area contributed by atoms with Crippen LogP contribution in [0.2, 0.25) is 5.02 Å². The highest BCUT2D eigenvalue weighted by atomic mass is 35.5. The van der Waals surface area contributed by atoms with E-state index in [4.69, 9.17) is 11.6 Å². The highest BCUT2D eigenvalue weighted by Crippen LogP contribution is 2.21. The number of rotatable bonds is 4. The molecule has 3 aromatic rings. The molecule has 0 aliphatic carbocycles. The summed E-state index contributed by atoms with van der Waals surface area (Å²) in [5, 5.41) is 4.72. The number of carbonyl (C=O) groups is 1. The van der Waals surface area contributed by atoms with Crippen LogP contribution in [0.25, 0.3) is 10.9 Å². The molecule has 1 aliphatic heterocycles. The fraction of sp³-hybridized carbons (Fsp3) is 0.238. The van der Waals surface area contributed by atoms with E-state index in [9.17, 15) is 4.79 Å². The molecular weight excluding hydrogens is 360 g/mol. The summed E-state index contributed by atoms with van der Waals surface area (Å²) in [5.41, 5.74) is 2.79. The number of benzene rings is 2. The quantitative estimate of drug-likeness (QED) is 0.750. The predicted octanol–water partition coefficient (Wildman–Crippen LogP) is 3.65. The smallest absolute Gasteiger partial charge is 0.238 e. The molecule has 2 heterocycles. The molecule has 4 rings (SSSR count). The Labute approximate surface area is 163 Å². The summed E-state index contributed by atoms with van der Waals surface area (Å²) in [6, 6.07) is 17.7. The van der Waals surface area contributed by atoms with Crippen molar-refractivity contribution in [3.8, 4) is 0 Å². The fourth-order valence-electron chi connectivity index (χ4n) is 3.38. The van der Waals surface area contributed by atoms with E-state index in [0.29, 0.717) is 6.54 Å². The maximum absolute atomic E-state index is 12.4. The summed E-state index contributed by atoms with van der Waals surface area (Å²) in [6.45, 7) is 3.83. The molecule has 0 saturated carbocycles. The number of hydrogen-bond donors (Lipinski definition) is 1. The van der Waals surface area contributed by atoms with E-state index in [2.05, 4.69) is 26.2 Å². The molecule has 5 nitrogen and oxygen atoms in total. The van der Waals surface area contributed by atoms with Crippen molar-refractivity contribution in [3.63, 3.8) is 0 Å². The molecular formula is C21H21ClN4O. The number of nitrogens with zero attached hydrogens (tertiary/aromatic N) is 3. The molecule has 138 valence electrons. The third-order valence-corrected chi connectivity index (χ3v) is 5.02. The molecule has 1 amide bonds. The first-order valence-electron chi connectivity index (χ1n) is 9.05. The molecule has 2 aromatic carbocycles. The van der Waals surface area contributed by atoms with Gasteiger partial charge < -0.3 is 10.2 Å². The van der Waals surface area contributed by atoms with Crippen molar-refractivity contribution in [1.29, 1.82) is 0 Å². The highest BCUT2D eigenvalue weighted by molar-refractivity contribution is 6.30. The zero-order chi connectivity index (χ0) is 18.6. The summed E-state index contributed by atoms with van der Waals surface area (Å²) in [5.74, 6) is -0.0108. The van der Waals surface area contributed by atoms with Crippen LogP contribution in [0.1, 0.15) is 0 Å². The number of amides is 1. The van der Waals surface area contributed by atoms with Gasteiger partial charge in [0, 0.05) is 42.3 Å². The van der Waals surface area contributed by atoms with E-state index in [1.165, 1.54) is 0 Å². The summed E-state index contributed by atoms with van der Waals surface area (Å²) in [7, 11) is 0. The first-order valence-corrected chi connectivity index (χ1v) is 9.43. The van der Waals surface area contributed by atoms with E-state index in [1.54, 1.807) is 6.20 Å². The van der Waals surface area contributed by atoms with Crippen molar-refractivity contribution in [1.82, 2.24) is 9.88 Å². The van der Waals surface area contributed by atoms with Crippen LogP contribution in [0.5, 0.6) is 0 Å². The van der Waals surface area contributed by atoms with E-state index in [1.807, 2.05) is 48.5 Å². The first-order chi connectivity index (χ1) is 13.2. The first kappa shape index (κ1) is 17.8. The van der Waals surface area contributed by atoms with Gasteiger partial charge in [0.25, 0.3) is 0 Å². The average Bonchev–Trinajstić information content (AvgIpc) is 2.68. The molecule has 1 aromatic heterocycles. The van der Waals surface area contributed by atoms with Crippen LogP contribution in [-0.2, 0) is 4.79 Å². The highest BCUT2D eigenvalue weighted by Gasteiger charge is 2.19. The molecule has 27 heavy (non-hydrogen) atoms. The lowest BCUT2D eigenvalue weighted by Gasteiger charge is -2.35. The third kappa shape index (κ3) is 4.38. The molecule has 0 radical (unpaired) electrons. The molecule has 0 atom stereocenters. The Balaban J connectivity index is 1.31. The Morgan fingerprint density at radius 2 is 1.85 bits per heavy atom. The van der Waals surface area contributed by atoms with Crippen LogP contribution < -0.4 is 10.2 Å². The lowest BCUT2D eigenvalue weighted by Crippen LogP contribution is -2.48. The number of halogens is 1. The van der Waals surface area contributed by atoms with Crippen molar-refractivity contribution in [2.45, 2.75) is 0 Å². The van der Waals surface area contributed by atoms with Gasteiger partial charge in [0.2, 0.25) is 5.91 Å². The van der Waals surface area contributed by atoms with Crippen molar-refractivity contribution in [2.24, 2.45) is 0 Å². The van der Waals surface area contributed by atoms with Gasteiger partial charge in [0.05, 0.1) is 23.9 Å². The number of aromatic nitrogens is 1. The predicted molar refractivity (Wildman–Crippen MR) is 110 cm³/mol. The van der Waals surface area contributed by atoms with Gasteiger partial charge in [-0.2, -0.15) is 0 Å². The number of carbonyl (C=O) groups excluding carboxylic acids is 1. The second-order valence-electron chi connectivity index (χ2n) is 6.71. The van der Waals surface area contributed by atoms with Crippen LogP contribution in [0.15, 0.2) is 60.8 Å². The molecule has 1 saturated heterocycles. The van der Waals surface area contributed by atoms with Gasteiger partial charge in [-0.3, -0.25) is 14.7 Å². The van der Waals surface area contributed by atoms with Crippen LogP contribution in [0, 0.1) is 0 Å². The van der Waals surface area contributed by atoms with Gasteiger partial charge in [0.1, 0.15) is 0 Å². The second-order valence-corrected chi connectivity index (χ2v) is 7.14. The number of para-hydroxylation sites is 1. The molecule has 1 aliphatic rings. The van der Waals surface area contributed by atoms with Gasteiger partial charge in [-0.25, -0.2) is 0 Å². The van der Waals surface area contributed by atoms with Gasteiger partial charge in [-0.15, -0.1) is 0 Å². The van der Waals surface area contributed by atoms with Crippen molar-refractivity contribution in [3.05, 3.63) is 65.8 Å². The molecule has 0 spiro atoms. The normalized spacial score (nSPS) is 15.1. The molecule has 1 N–H and O–H groups in total. The number of pyridine rings is 1. The van der Waals surface area contributed by atoms with Crippen LogP contribution in [-0.4, -0.2) is 48.5 Å². The van der Waals surface area contributed by atoms with Crippen molar-refractivity contribution < 1.29 is 4.79 Å². The van der Waals surface area contributed by atoms with Crippen LogP contribution in [0.3, 0.4) is 0 Å². The fourth-order valence-corrected chi connectivity index (χ4v) is 3.56. The van der Waals surface area contributed by atoms with Gasteiger partial charge in [-0.1, -0.05) is 35.9 Å². The van der Waals surface area contributed by atoms with Crippen molar-refractivity contribution in [2.75, 3.05) is 42.9 Å². The number of anilines is 2. The average molecular weight is 381 g/mol. The maximum atomic E-state index is 12.4. The van der Waals surface area contributed by atoms with Crippen LogP contribution >= 0.6 is 11.6 Å². The number of nitrogens with one attached hydrogen (secondary N) is 1. The van der Waals surface area contributed by atoms with Gasteiger partial charge >= 0.3 is 0 Å². The zero-order valence-electron chi connectivity index (χ0n) is 14.9. The minimum Gasteiger partial charge on any atom is -0.369 e. The Morgan fingerprint density at radius 3 is 2.67 bits per heavy atom. The molecule has 1 fully saturated rings. The Hall–Kier alpha value is -2.63. The monoisotopic (exact) mass is 380 g/mol. The minimum absolute atomic E-state index is 0.0108. The third-order valence-electron chi connectivity index (χ3n) is 4.79. The molecule has 0 bridgehead atoms. The van der Waals surface area contributed by atoms with E-state index in [-0.39, 0.29) is 5.91 Å². The van der Waals surface area contributed by atoms with Gasteiger partial charge in [-0.05, 0) is 30.3 Å². The Bertz CT molecular complexity index is 954. The van der Waals surface area contributed by atoms with E-state index >= 15 is 0 Å². The minimum atomic E-state index is -0.0108. The Morgan fingerprint density at radius 1 is 1.04 bits per heavy atom. The summed E-state index contributed by atoms with van der Waals surface area (Å²) in [6.07, 6.45) is 1.71. The maximum Gasteiger partial charge on any atom is 0.238 e. The Kier molecular flexibility index (Phi) is 5.23. The summed E-state index contributed by atoms with van der Waals surface area (Å²) < 4.78 is 0. The largest absolute Gasteiger partial charge is 0.369 e. The van der Waals surface area contributed by atoms with Crippen molar-refractivity contribution >= 4 is 39.8 Å². The lowest BCUT2D eigenvalue weighted by atomic mass is 10.2. The number of piperazine rings is 1. The van der Waals surface area contributed by atoms with E-state index in [0.717, 1.165) is 53.5 Å². The lowest BCUT2D eigenvalue weighted by molar-refractivity contribution is -0.117. The standard InChI is InChI=1S/C21H21ClN4O/c22-17-5-3-6-19(13-17)26-10-8-25(9-11-26)15-21(27)24-18-12-16-4-1-2-7-20(16)23-14-18/h1-7,12-14H,8-11,15H2,(H,24,27). The SMILES string of the molecule is O=C(CN1CCN(c2cccc(Cl)c2)CC1)Nc1cnc2ccccc2c1. The molecule has 0 unspecified atom stereocenters. The van der Waals surface area contributed by atoms with Gasteiger partial charge in [0.15, 0.2) is 0 Å². The summed E-state index contributed by atoms with van der Waals surface area (Å²) in [4.78, 5) is 21.3. The van der Waals surface area contributed by atoms with Crippen LogP contribution in [0.4, 0.5) is 11.4 Å². The topological polar surface area (TPSA) is 48.5 Å². The molecule has 6 heteroatoms. The zero-order valence-corrected chi connectivity index (χ0v) is 15.7.